The van der Waals surface area contributed by atoms with Crippen LogP contribution in [-0.2, 0) is 9.53 Å². The molecule has 1 aliphatic carbocycles. The van der Waals surface area contributed by atoms with Gasteiger partial charge in [-0.1, -0.05) is 30.3 Å². The van der Waals surface area contributed by atoms with Crippen LogP contribution in [0.3, 0.4) is 0 Å². The summed E-state index contributed by atoms with van der Waals surface area (Å²) in [6, 6.07) is 17.6. The zero-order chi connectivity index (χ0) is 25.3. The number of carboxylic acids is 1. The third-order valence-electron chi connectivity index (χ3n) is 7.47. The van der Waals surface area contributed by atoms with E-state index in [4.69, 9.17) is 4.74 Å². The molecule has 2 aromatic carbocycles. The number of carboxylic acid groups (broad SMARTS) is 1. The SMILES string of the molecule is Cc1cn(-c2ccc(N3CCCCC3C3(C(=O)O)CC3)cc2)nc1NC(=O)OC(C)c1ccccc1. The Kier molecular flexibility index (Phi) is 6.43. The summed E-state index contributed by atoms with van der Waals surface area (Å²) in [6.07, 6.45) is 5.50. The molecule has 2 aliphatic rings. The highest BCUT2D eigenvalue weighted by Gasteiger charge is 2.58. The van der Waals surface area contributed by atoms with Gasteiger partial charge in [0.1, 0.15) is 6.10 Å². The van der Waals surface area contributed by atoms with E-state index in [-0.39, 0.29) is 12.1 Å². The summed E-state index contributed by atoms with van der Waals surface area (Å²) in [4.78, 5) is 26.7. The van der Waals surface area contributed by atoms with E-state index in [0.717, 1.165) is 61.2 Å². The highest BCUT2D eigenvalue weighted by molar-refractivity contribution is 5.84. The van der Waals surface area contributed by atoms with Crippen LogP contribution >= 0.6 is 0 Å². The van der Waals surface area contributed by atoms with Gasteiger partial charge in [-0.2, -0.15) is 0 Å². The summed E-state index contributed by atoms with van der Waals surface area (Å²) in [6.45, 7) is 4.58. The fourth-order valence-corrected chi connectivity index (χ4v) is 5.23. The van der Waals surface area contributed by atoms with Crippen molar-refractivity contribution in [3.8, 4) is 5.69 Å². The maximum Gasteiger partial charge on any atom is 0.413 e. The number of rotatable bonds is 7. The highest BCUT2D eigenvalue weighted by atomic mass is 16.6. The van der Waals surface area contributed by atoms with Gasteiger partial charge in [-0.15, -0.1) is 5.10 Å². The van der Waals surface area contributed by atoms with E-state index in [1.54, 1.807) is 4.68 Å². The van der Waals surface area contributed by atoms with Crippen molar-refractivity contribution in [2.45, 2.75) is 58.1 Å². The molecule has 0 spiro atoms. The predicted octanol–water partition coefficient (Wildman–Crippen LogP) is 5.71. The van der Waals surface area contributed by atoms with Crippen LogP contribution in [0.15, 0.2) is 60.8 Å². The fraction of sp³-hybridized carbons (Fsp3) is 0.393. The van der Waals surface area contributed by atoms with Crippen LogP contribution in [0.2, 0.25) is 0 Å². The van der Waals surface area contributed by atoms with Gasteiger partial charge in [0.25, 0.3) is 0 Å². The van der Waals surface area contributed by atoms with Crippen LogP contribution in [0.1, 0.15) is 56.3 Å². The number of amides is 1. The molecule has 3 aromatic rings. The molecule has 8 nitrogen and oxygen atoms in total. The molecule has 2 unspecified atom stereocenters. The van der Waals surface area contributed by atoms with Crippen molar-refractivity contribution in [2.75, 3.05) is 16.8 Å². The third-order valence-corrected chi connectivity index (χ3v) is 7.47. The van der Waals surface area contributed by atoms with Crippen molar-refractivity contribution in [1.29, 1.82) is 0 Å². The van der Waals surface area contributed by atoms with Crippen LogP contribution in [-0.4, -0.2) is 39.5 Å². The molecule has 5 rings (SSSR count). The van der Waals surface area contributed by atoms with Crippen molar-refractivity contribution in [3.63, 3.8) is 0 Å². The van der Waals surface area contributed by atoms with E-state index in [0.29, 0.717) is 5.82 Å². The van der Waals surface area contributed by atoms with Crippen molar-refractivity contribution in [3.05, 3.63) is 71.9 Å². The minimum atomic E-state index is -0.667. The quantitative estimate of drug-likeness (QED) is 0.442. The number of hydrogen-bond acceptors (Lipinski definition) is 5. The van der Waals surface area contributed by atoms with Gasteiger partial charge in [-0.25, -0.2) is 9.48 Å². The summed E-state index contributed by atoms with van der Waals surface area (Å²) in [5.74, 6) is -0.225. The van der Waals surface area contributed by atoms with E-state index in [1.165, 1.54) is 0 Å². The second kappa shape index (κ2) is 9.68. The minimum absolute atomic E-state index is 0.0432. The minimum Gasteiger partial charge on any atom is -0.481 e. The van der Waals surface area contributed by atoms with E-state index < -0.39 is 17.5 Å². The van der Waals surface area contributed by atoms with E-state index in [1.807, 2.05) is 74.6 Å². The summed E-state index contributed by atoms with van der Waals surface area (Å²) >= 11 is 0. The Morgan fingerprint density at radius 3 is 2.44 bits per heavy atom. The van der Waals surface area contributed by atoms with E-state index >= 15 is 0 Å². The number of aliphatic carboxylic acids is 1. The topological polar surface area (TPSA) is 96.7 Å². The number of anilines is 2. The van der Waals surface area contributed by atoms with Crippen LogP contribution in [0, 0.1) is 12.3 Å². The first kappa shape index (κ1) is 23.9. The van der Waals surface area contributed by atoms with Gasteiger partial charge in [-0.05, 0) is 75.8 Å². The Hall–Kier alpha value is -3.81. The Labute approximate surface area is 210 Å². The van der Waals surface area contributed by atoms with Crippen molar-refractivity contribution >= 4 is 23.6 Å². The zero-order valence-corrected chi connectivity index (χ0v) is 20.7. The molecule has 1 aliphatic heterocycles. The maximum atomic E-state index is 12.4. The monoisotopic (exact) mass is 488 g/mol. The first-order valence-corrected chi connectivity index (χ1v) is 12.6. The molecule has 1 saturated carbocycles. The highest BCUT2D eigenvalue weighted by Crippen LogP contribution is 2.53. The zero-order valence-electron chi connectivity index (χ0n) is 20.7. The molecule has 1 amide bonds. The number of piperidine rings is 1. The number of ether oxygens (including phenoxy) is 1. The van der Waals surface area contributed by atoms with E-state index in [9.17, 15) is 14.7 Å². The first-order valence-electron chi connectivity index (χ1n) is 12.6. The third kappa shape index (κ3) is 4.67. The Morgan fingerprint density at radius 1 is 1.08 bits per heavy atom. The number of nitrogens with zero attached hydrogens (tertiary/aromatic N) is 3. The largest absolute Gasteiger partial charge is 0.481 e. The average molecular weight is 489 g/mol. The molecule has 1 aromatic heterocycles. The lowest BCUT2D eigenvalue weighted by atomic mass is 9.87. The molecule has 8 heteroatoms. The smallest absolute Gasteiger partial charge is 0.413 e. The van der Waals surface area contributed by atoms with Crippen LogP contribution in [0.4, 0.5) is 16.3 Å². The lowest BCUT2D eigenvalue weighted by Gasteiger charge is -2.41. The number of aromatic nitrogens is 2. The van der Waals surface area contributed by atoms with Gasteiger partial charge < -0.3 is 14.7 Å². The molecular formula is C28H32N4O4. The standard InChI is InChI=1S/C28H32N4O4/c1-19-18-32(30-25(19)29-27(35)36-20(2)21-8-4-3-5-9-21)23-13-11-22(12-14-23)31-17-7-6-10-24(31)28(15-16-28)26(33)34/h3-5,8-9,11-14,18,20,24H,6-7,10,15-17H2,1-2H3,(H,33,34)(H,29,30,35). The van der Waals surface area contributed by atoms with Gasteiger partial charge in [0.05, 0.1) is 11.1 Å². The second-order valence-electron chi connectivity index (χ2n) is 9.87. The molecule has 2 heterocycles. The predicted molar refractivity (Wildman–Crippen MR) is 138 cm³/mol. The van der Waals surface area contributed by atoms with Crippen molar-refractivity contribution in [2.24, 2.45) is 5.41 Å². The number of nitrogens with one attached hydrogen (secondary N) is 1. The van der Waals surface area contributed by atoms with Crippen LogP contribution < -0.4 is 10.2 Å². The molecular weight excluding hydrogens is 456 g/mol. The van der Waals surface area contributed by atoms with Gasteiger partial charge in [-0.3, -0.25) is 10.1 Å². The Morgan fingerprint density at radius 2 is 1.78 bits per heavy atom. The average Bonchev–Trinajstić information content (AvgIpc) is 3.63. The van der Waals surface area contributed by atoms with Crippen molar-refractivity contribution in [1.82, 2.24) is 9.78 Å². The normalized spacial score (nSPS) is 19.4. The number of carbonyl (C=O) groups is 2. The lowest BCUT2D eigenvalue weighted by molar-refractivity contribution is -0.144. The number of hydrogen-bond donors (Lipinski definition) is 2. The molecule has 36 heavy (non-hydrogen) atoms. The Balaban J connectivity index is 1.27. The summed E-state index contributed by atoms with van der Waals surface area (Å²) < 4.78 is 7.23. The summed E-state index contributed by atoms with van der Waals surface area (Å²) in [5, 5.41) is 17.1. The molecule has 0 bridgehead atoms. The van der Waals surface area contributed by atoms with Crippen LogP contribution in [0.25, 0.3) is 5.69 Å². The maximum absolute atomic E-state index is 12.4. The molecule has 0 radical (unpaired) electrons. The summed E-state index contributed by atoms with van der Waals surface area (Å²) in [5.41, 5.74) is 3.04. The molecule has 188 valence electrons. The molecule has 2 fully saturated rings. The van der Waals surface area contributed by atoms with Gasteiger partial charge in [0.15, 0.2) is 5.82 Å². The van der Waals surface area contributed by atoms with E-state index in [2.05, 4.69) is 15.3 Å². The second-order valence-corrected chi connectivity index (χ2v) is 9.87. The first-order chi connectivity index (χ1) is 17.4. The van der Waals surface area contributed by atoms with Gasteiger partial charge in [0, 0.05) is 30.0 Å². The Bertz CT molecular complexity index is 1230. The van der Waals surface area contributed by atoms with Gasteiger partial charge >= 0.3 is 12.1 Å². The molecule has 2 atom stereocenters. The van der Waals surface area contributed by atoms with Crippen LogP contribution in [0.5, 0.6) is 0 Å². The molecule has 2 N–H and O–H groups in total. The number of carbonyl (C=O) groups excluding carboxylic acids is 1. The van der Waals surface area contributed by atoms with Gasteiger partial charge in [0.2, 0.25) is 0 Å². The number of aryl methyl sites for hydroxylation is 1. The van der Waals surface area contributed by atoms with Crippen molar-refractivity contribution < 1.29 is 19.4 Å². The summed E-state index contributed by atoms with van der Waals surface area (Å²) in [7, 11) is 0. The lowest BCUT2D eigenvalue weighted by Crippen LogP contribution is -2.48. The fourth-order valence-electron chi connectivity index (χ4n) is 5.23. The molecule has 1 saturated heterocycles. The number of benzene rings is 2.